The second-order valence-electron chi connectivity index (χ2n) is 7.49. The molecule has 1 atom stereocenters. The van der Waals surface area contributed by atoms with Crippen LogP contribution in [0.2, 0.25) is 0 Å². The molecule has 0 radical (unpaired) electrons. The molecule has 0 aliphatic rings. The van der Waals surface area contributed by atoms with Crippen molar-refractivity contribution in [3.63, 3.8) is 0 Å². The van der Waals surface area contributed by atoms with E-state index in [9.17, 15) is 40.6 Å². The predicted octanol–water partition coefficient (Wildman–Crippen LogP) is 3.01. The fourth-order valence-electron chi connectivity index (χ4n) is 3.64. The third-order valence-electron chi connectivity index (χ3n) is 5.32. The first-order valence-corrected chi connectivity index (χ1v) is 12.7. The van der Waals surface area contributed by atoms with Crippen LogP contribution in [0, 0.1) is 0 Å². The number of hydrogen-bond acceptors (Lipinski definition) is 8. The highest BCUT2D eigenvalue weighted by Crippen LogP contribution is 2.36. The topological polar surface area (TPSA) is 176 Å². The molecule has 4 aromatic rings. The second-order valence-corrected chi connectivity index (χ2v) is 10.3. The summed E-state index contributed by atoms with van der Waals surface area (Å²) in [5.41, 5.74) is -1.36. The summed E-state index contributed by atoms with van der Waals surface area (Å²) in [5, 5.41) is 11.1. The van der Waals surface area contributed by atoms with Crippen LogP contribution in [0.4, 0.5) is 0 Å². The van der Waals surface area contributed by atoms with E-state index in [1.807, 2.05) is 0 Å². The summed E-state index contributed by atoms with van der Waals surface area (Å²) >= 11 is 0. The number of fused-ring (bicyclic) bond motifs is 1. The van der Waals surface area contributed by atoms with Gasteiger partial charge in [-0.3, -0.25) is 13.9 Å². The predicted molar refractivity (Wildman–Crippen MR) is 123 cm³/mol. The molecule has 10 nitrogen and oxygen atoms in total. The maximum atomic E-state index is 13.6. The van der Waals surface area contributed by atoms with Crippen LogP contribution >= 0.6 is 0 Å². The van der Waals surface area contributed by atoms with Gasteiger partial charge in [-0.15, -0.1) is 0 Å². The van der Waals surface area contributed by atoms with Crippen molar-refractivity contribution in [1.29, 1.82) is 0 Å². The number of para-hydroxylation sites is 1. The molecule has 180 valence electrons. The van der Waals surface area contributed by atoms with Crippen molar-refractivity contribution in [3.05, 3.63) is 99.9 Å². The molecule has 35 heavy (non-hydrogen) atoms. The molecule has 12 heteroatoms. The van der Waals surface area contributed by atoms with Crippen LogP contribution in [0.5, 0.6) is 5.75 Å². The highest BCUT2D eigenvalue weighted by molar-refractivity contribution is 7.86. The third-order valence-corrected chi connectivity index (χ3v) is 7.05. The number of benzene rings is 3. The average Bonchev–Trinajstić information content (AvgIpc) is 2.80. The average molecular weight is 517 g/mol. The number of rotatable bonds is 6. The van der Waals surface area contributed by atoms with Crippen LogP contribution in [-0.2, 0) is 20.2 Å². The van der Waals surface area contributed by atoms with E-state index in [2.05, 4.69) is 0 Å². The van der Waals surface area contributed by atoms with E-state index in [1.54, 1.807) is 12.1 Å². The molecule has 0 aliphatic carbocycles. The summed E-state index contributed by atoms with van der Waals surface area (Å²) in [6, 6.07) is 14.7. The number of carbonyl (C=O) groups is 1. The Morgan fingerprint density at radius 1 is 0.771 bits per heavy atom. The monoisotopic (exact) mass is 516 g/mol. The molecule has 3 N–H and O–H groups in total. The largest absolute Gasteiger partial charge is 0.507 e. The van der Waals surface area contributed by atoms with Crippen LogP contribution in [0.15, 0.2) is 91.8 Å². The van der Waals surface area contributed by atoms with Crippen LogP contribution in [0.1, 0.15) is 27.4 Å². The van der Waals surface area contributed by atoms with Crippen LogP contribution in [0.25, 0.3) is 11.0 Å². The lowest BCUT2D eigenvalue weighted by atomic mass is 9.84. The summed E-state index contributed by atoms with van der Waals surface area (Å²) < 4.78 is 69.2. The molecule has 3 aromatic carbocycles. The van der Waals surface area contributed by atoms with E-state index in [0.717, 1.165) is 36.4 Å². The van der Waals surface area contributed by atoms with Crippen molar-refractivity contribution >= 4 is 37.0 Å². The van der Waals surface area contributed by atoms with E-state index in [4.69, 9.17) is 4.42 Å². The van der Waals surface area contributed by atoms with Crippen molar-refractivity contribution in [3.8, 4) is 5.75 Å². The standard InChI is InChI=1S/C23H16O10S2/c24-21(14-7-11-16(12-8-14)35(30,31)32)19(13-5-9-15(10-6-13)34(27,28)29)20-22(25)17-3-1-2-4-18(17)33-23(20)26/h1-12,19,25H,(H,27,28,29)(H,30,31,32). The number of hydrogen-bond donors (Lipinski definition) is 3. The lowest BCUT2D eigenvalue weighted by Crippen LogP contribution is -2.22. The Labute approximate surface area is 198 Å². The van der Waals surface area contributed by atoms with Gasteiger partial charge in [-0.1, -0.05) is 24.3 Å². The van der Waals surface area contributed by atoms with E-state index in [0.29, 0.717) is 0 Å². The second kappa shape index (κ2) is 8.74. The van der Waals surface area contributed by atoms with Crippen LogP contribution in [-0.4, -0.2) is 36.8 Å². The number of carbonyl (C=O) groups excluding carboxylic acids is 1. The number of Topliss-reactive ketones (excluding diaryl/α,β-unsaturated/α-hetero) is 1. The number of aromatic hydroxyl groups is 1. The summed E-state index contributed by atoms with van der Waals surface area (Å²) in [7, 11) is -9.06. The van der Waals surface area contributed by atoms with Gasteiger partial charge in [0.05, 0.1) is 26.7 Å². The Bertz CT molecular complexity index is 1720. The molecule has 0 saturated heterocycles. The van der Waals surface area contributed by atoms with E-state index in [1.165, 1.54) is 24.3 Å². The van der Waals surface area contributed by atoms with Crippen molar-refractivity contribution in [2.75, 3.05) is 0 Å². The molecule has 0 saturated carbocycles. The molecular weight excluding hydrogens is 500 g/mol. The van der Waals surface area contributed by atoms with E-state index < -0.39 is 58.7 Å². The Morgan fingerprint density at radius 3 is 1.83 bits per heavy atom. The maximum Gasteiger partial charge on any atom is 0.344 e. The fraction of sp³-hybridized carbons (Fsp3) is 0.0435. The Kier molecular flexibility index (Phi) is 6.07. The van der Waals surface area contributed by atoms with Gasteiger partial charge in [-0.25, -0.2) is 4.79 Å². The Hall–Kier alpha value is -3.84. The van der Waals surface area contributed by atoms with Gasteiger partial charge < -0.3 is 9.52 Å². The molecule has 1 aromatic heterocycles. The van der Waals surface area contributed by atoms with Gasteiger partial charge in [-0.05, 0) is 54.1 Å². The van der Waals surface area contributed by atoms with Crippen molar-refractivity contribution < 1.29 is 40.3 Å². The lowest BCUT2D eigenvalue weighted by molar-refractivity contribution is 0.0971. The first-order chi connectivity index (χ1) is 16.4. The van der Waals surface area contributed by atoms with Gasteiger partial charge in [0.25, 0.3) is 20.2 Å². The van der Waals surface area contributed by atoms with E-state index >= 15 is 0 Å². The van der Waals surface area contributed by atoms with Crippen molar-refractivity contribution in [1.82, 2.24) is 0 Å². The number of ketones is 1. The Balaban J connectivity index is 1.94. The summed E-state index contributed by atoms with van der Waals surface area (Å²) in [4.78, 5) is 25.5. The molecule has 0 fully saturated rings. The molecule has 4 rings (SSSR count). The zero-order valence-corrected chi connectivity index (χ0v) is 19.2. The third kappa shape index (κ3) is 4.72. The first-order valence-electron chi connectivity index (χ1n) is 9.82. The molecule has 0 bridgehead atoms. The molecule has 0 aliphatic heterocycles. The zero-order chi connectivity index (χ0) is 25.5. The van der Waals surface area contributed by atoms with Gasteiger partial charge in [-0.2, -0.15) is 16.8 Å². The van der Waals surface area contributed by atoms with Gasteiger partial charge in [0.1, 0.15) is 11.3 Å². The van der Waals surface area contributed by atoms with Gasteiger partial charge in [0.2, 0.25) is 0 Å². The Morgan fingerprint density at radius 2 is 1.29 bits per heavy atom. The van der Waals surface area contributed by atoms with Gasteiger partial charge in [0, 0.05) is 5.56 Å². The minimum absolute atomic E-state index is 0.0733. The van der Waals surface area contributed by atoms with E-state index in [-0.39, 0.29) is 22.1 Å². The highest BCUT2D eigenvalue weighted by atomic mass is 32.2. The van der Waals surface area contributed by atoms with Crippen molar-refractivity contribution in [2.24, 2.45) is 0 Å². The van der Waals surface area contributed by atoms with Crippen LogP contribution in [0.3, 0.4) is 0 Å². The molecule has 0 spiro atoms. The van der Waals surface area contributed by atoms with Gasteiger partial charge >= 0.3 is 5.63 Å². The molecular formula is C23H16O10S2. The maximum absolute atomic E-state index is 13.6. The summed E-state index contributed by atoms with van der Waals surface area (Å²) in [5.74, 6) is -2.78. The fourth-order valence-corrected chi connectivity index (χ4v) is 4.60. The minimum Gasteiger partial charge on any atom is -0.507 e. The van der Waals surface area contributed by atoms with Crippen LogP contribution < -0.4 is 5.63 Å². The molecule has 0 amide bonds. The smallest absolute Gasteiger partial charge is 0.344 e. The zero-order valence-electron chi connectivity index (χ0n) is 17.5. The van der Waals surface area contributed by atoms with Crippen molar-refractivity contribution in [2.45, 2.75) is 15.7 Å². The lowest BCUT2D eigenvalue weighted by Gasteiger charge is -2.18. The summed E-state index contributed by atoms with van der Waals surface area (Å²) in [6.45, 7) is 0. The SMILES string of the molecule is O=C(c1ccc(S(=O)(=O)O)cc1)C(c1ccc(S(=O)(=O)O)cc1)c1c(O)c2ccccc2oc1=O. The van der Waals surface area contributed by atoms with Gasteiger partial charge in [0.15, 0.2) is 5.78 Å². The highest BCUT2D eigenvalue weighted by Gasteiger charge is 2.32. The summed E-state index contributed by atoms with van der Waals surface area (Å²) in [6.07, 6.45) is 0. The quantitative estimate of drug-likeness (QED) is 0.196. The normalized spacial score (nSPS) is 13.0. The molecule has 1 heterocycles. The minimum atomic E-state index is -4.54. The first kappa shape index (κ1) is 24.3. The molecule has 1 unspecified atom stereocenters.